The zero-order chi connectivity index (χ0) is 14.5. The van der Waals surface area contributed by atoms with Gasteiger partial charge in [-0.05, 0) is 71.8 Å². The number of benzene rings is 2. The van der Waals surface area contributed by atoms with E-state index in [9.17, 15) is 0 Å². The van der Waals surface area contributed by atoms with Crippen LogP contribution in [0.25, 0.3) is 0 Å². The van der Waals surface area contributed by atoms with E-state index in [0.29, 0.717) is 12.1 Å². The Kier molecular flexibility index (Phi) is 5.43. The number of halogens is 1. The summed E-state index contributed by atoms with van der Waals surface area (Å²) in [5.74, 6) is 0.895. The van der Waals surface area contributed by atoms with Crippen LogP contribution in [0.15, 0.2) is 48.5 Å². The van der Waals surface area contributed by atoms with E-state index in [1.54, 1.807) is 7.11 Å². The molecule has 0 aliphatic heterocycles. The van der Waals surface area contributed by atoms with E-state index in [4.69, 9.17) is 4.74 Å². The van der Waals surface area contributed by atoms with E-state index < -0.39 is 0 Å². The first-order valence-corrected chi connectivity index (χ1v) is 7.83. The Morgan fingerprint density at radius 3 is 1.75 bits per heavy atom. The number of methoxy groups -OCH3 is 1. The summed E-state index contributed by atoms with van der Waals surface area (Å²) >= 11 is 2.33. The molecule has 106 valence electrons. The molecule has 0 bridgehead atoms. The molecular formula is C17H20INO. The highest BCUT2D eigenvalue weighted by atomic mass is 127. The van der Waals surface area contributed by atoms with Crippen molar-refractivity contribution in [2.45, 2.75) is 25.9 Å². The maximum atomic E-state index is 5.19. The van der Waals surface area contributed by atoms with Crippen LogP contribution < -0.4 is 10.1 Å². The van der Waals surface area contributed by atoms with Crippen LogP contribution in [0.2, 0.25) is 0 Å². The molecule has 0 amide bonds. The minimum Gasteiger partial charge on any atom is -0.497 e. The third kappa shape index (κ3) is 3.96. The maximum Gasteiger partial charge on any atom is 0.118 e. The summed E-state index contributed by atoms with van der Waals surface area (Å²) in [5, 5.41) is 3.63. The molecule has 0 saturated carbocycles. The summed E-state index contributed by atoms with van der Waals surface area (Å²) in [6.07, 6.45) is 0. The Morgan fingerprint density at radius 1 is 0.850 bits per heavy atom. The molecule has 2 aromatic carbocycles. The molecule has 0 spiro atoms. The van der Waals surface area contributed by atoms with Crippen molar-refractivity contribution < 1.29 is 4.74 Å². The molecule has 20 heavy (non-hydrogen) atoms. The largest absolute Gasteiger partial charge is 0.497 e. The minimum atomic E-state index is 0.301. The molecule has 2 aromatic rings. The van der Waals surface area contributed by atoms with E-state index in [0.717, 1.165) is 5.75 Å². The highest BCUT2D eigenvalue weighted by Crippen LogP contribution is 2.22. The van der Waals surface area contributed by atoms with Crippen molar-refractivity contribution in [3.05, 3.63) is 63.2 Å². The van der Waals surface area contributed by atoms with Gasteiger partial charge in [0.2, 0.25) is 0 Å². The lowest BCUT2D eigenvalue weighted by Gasteiger charge is -2.21. The van der Waals surface area contributed by atoms with Gasteiger partial charge in [-0.1, -0.05) is 24.3 Å². The Balaban J connectivity index is 2.02. The lowest BCUT2D eigenvalue weighted by Crippen LogP contribution is -2.22. The van der Waals surface area contributed by atoms with Crippen molar-refractivity contribution in [2.75, 3.05) is 7.11 Å². The van der Waals surface area contributed by atoms with Gasteiger partial charge in [0.15, 0.2) is 0 Å². The Hall–Kier alpha value is -1.07. The van der Waals surface area contributed by atoms with Gasteiger partial charge in [-0.3, -0.25) is 0 Å². The molecular weight excluding hydrogens is 361 g/mol. The fraction of sp³-hybridized carbons (Fsp3) is 0.294. The zero-order valence-corrected chi connectivity index (χ0v) is 14.2. The first kappa shape index (κ1) is 15.3. The van der Waals surface area contributed by atoms with Crippen LogP contribution in [0.3, 0.4) is 0 Å². The highest BCUT2D eigenvalue weighted by Gasteiger charge is 2.11. The van der Waals surface area contributed by atoms with Crippen molar-refractivity contribution in [2.24, 2.45) is 0 Å². The van der Waals surface area contributed by atoms with Gasteiger partial charge in [0, 0.05) is 15.7 Å². The lowest BCUT2D eigenvalue weighted by molar-refractivity contribution is 0.414. The van der Waals surface area contributed by atoms with Gasteiger partial charge < -0.3 is 10.1 Å². The first-order valence-electron chi connectivity index (χ1n) is 6.75. The predicted octanol–water partition coefficient (Wildman–Crippen LogP) is 4.71. The number of rotatable bonds is 5. The third-order valence-electron chi connectivity index (χ3n) is 3.49. The maximum absolute atomic E-state index is 5.19. The number of hydrogen-bond acceptors (Lipinski definition) is 2. The van der Waals surface area contributed by atoms with Gasteiger partial charge in [-0.25, -0.2) is 0 Å². The van der Waals surface area contributed by atoms with E-state index in [1.807, 2.05) is 12.1 Å². The van der Waals surface area contributed by atoms with E-state index >= 15 is 0 Å². The quantitative estimate of drug-likeness (QED) is 0.758. The van der Waals surface area contributed by atoms with Crippen LogP contribution in [0.5, 0.6) is 5.75 Å². The number of hydrogen-bond donors (Lipinski definition) is 1. The molecule has 0 heterocycles. The lowest BCUT2D eigenvalue weighted by atomic mass is 10.0. The summed E-state index contributed by atoms with van der Waals surface area (Å²) in [4.78, 5) is 0. The second-order valence-corrected chi connectivity index (χ2v) is 6.18. The monoisotopic (exact) mass is 381 g/mol. The molecule has 0 aromatic heterocycles. The number of ether oxygens (including phenoxy) is 1. The third-order valence-corrected chi connectivity index (χ3v) is 4.20. The van der Waals surface area contributed by atoms with Crippen LogP contribution in [-0.4, -0.2) is 7.11 Å². The molecule has 0 fully saturated rings. The average molecular weight is 381 g/mol. The SMILES string of the molecule is COc1ccc([C@@H](C)NC(C)c2ccc(I)cc2)cc1. The molecule has 2 rings (SSSR count). The van der Waals surface area contributed by atoms with Crippen molar-refractivity contribution in [1.82, 2.24) is 5.32 Å². The second-order valence-electron chi connectivity index (χ2n) is 4.93. The topological polar surface area (TPSA) is 21.3 Å². The minimum absolute atomic E-state index is 0.301. The Labute approximate surface area is 134 Å². The zero-order valence-electron chi connectivity index (χ0n) is 12.1. The van der Waals surface area contributed by atoms with Crippen LogP contribution in [0.4, 0.5) is 0 Å². The molecule has 1 N–H and O–H groups in total. The molecule has 0 radical (unpaired) electrons. The fourth-order valence-electron chi connectivity index (χ4n) is 2.21. The summed E-state index contributed by atoms with van der Waals surface area (Å²) in [5.41, 5.74) is 2.58. The van der Waals surface area contributed by atoms with Gasteiger partial charge in [-0.2, -0.15) is 0 Å². The van der Waals surface area contributed by atoms with Gasteiger partial charge in [0.05, 0.1) is 7.11 Å². The smallest absolute Gasteiger partial charge is 0.118 e. The van der Waals surface area contributed by atoms with E-state index in [1.165, 1.54) is 14.7 Å². The van der Waals surface area contributed by atoms with Crippen LogP contribution in [-0.2, 0) is 0 Å². The Morgan fingerprint density at radius 2 is 1.30 bits per heavy atom. The molecule has 2 nitrogen and oxygen atoms in total. The normalized spacial score (nSPS) is 13.8. The van der Waals surface area contributed by atoms with Crippen LogP contribution in [0, 0.1) is 3.57 Å². The average Bonchev–Trinajstić information content (AvgIpc) is 2.48. The van der Waals surface area contributed by atoms with Gasteiger partial charge in [-0.15, -0.1) is 0 Å². The standard InChI is InChI=1S/C17H20INO/c1-12(14-4-8-16(18)9-5-14)19-13(2)15-6-10-17(20-3)11-7-15/h4-13,19H,1-3H3/t12?,13-/m1/s1. The van der Waals surface area contributed by atoms with Crippen molar-refractivity contribution in [3.63, 3.8) is 0 Å². The summed E-state index contributed by atoms with van der Waals surface area (Å²) in [7, 11) is 1.69. The van der Waals surface area contributed by atoms with E-state index in [-0.39, 0.29) is 0 Å². The van der Waals surface area contributed by atoms with Crippen molar-refractivity contribution in [3.8, 4) is 5.75 Å². The molecule has 2 atom stereocenters. The molecule has 0 aliphatic carbocycles. The van der Waals surface area contributed by atoms with Gasteiger partial charge in [0.1, 0.15) is 5.75 Å². The molecule has 0 aliphatic rings. The second kappa shape index (κ2) is 7.09. The summed E-state index contributed by atoms with van der Waals surface area (Å²) in [6.45, 7) is 4.38. The van der Waals surface area contributed by atoms with Gasteiger partial charge in [0.25, 0.3) is 0 Å². The van der Waals surface area contributed by atoms with E-state index in [2.05, 4.69) is 78.2 Å². The first-order chi connectivity index (χ1) is 9.60. The van der Waals surface area contributed by atoms with Crippen molar-refractivity contribution >= 4 is 22.6 Å². The summed E-state index contributed by atoms with van der Waals surface area (Å²) in [6, 6.07) is 17.5. The van der Waals surface area contributed by atoms with Gasteiger partial charge >= 0.3 is 0 Å². The summed E-state index contributed by atoms with van der Waals surface area (Å²) < 4.78 is 6.45. The molecule has 3 heteroatoms. The Bertz CT molecular complexity index is 536. The van der Waals surface area contributed by atoms with Crippen molar-refractivity contribution in [1.29, 1.82) is 0 Å². The molecule has 0 saturated heterocycles. The predicted molar refractivity (Wildman–Crippen MR) is 92.1 cm³/mol. The number of nitrogens with one attached hydrogen (secondary N) is 1. The van der Waals surface area contributed by atoms with Crippen LogP contribution in [0.1, 0.15) is 37.1 Å². The van der Waals surface area contributed by atoms with Crippen LogP contribution >= 0.6 is 22.6 Å². The fourth-order valence-corrected chi connectivity index (χ4v) is 2.57. The highest BCUT2D eigenvalue weighted by molar-refractivity contribution is 14.1. The molecule has 1 unspecified atom stereocenters.